The number of piperidine rings is 1. The first kappa shape index (κ1) is 21.1. The fourth-order valence-electron chi connectivity index (χ4n) is 4.36. The van der Waals surface area contributed by atoms with Gasteiger partial charge in [0.05, 0.1) is 4.90 Å². The van der Waals surface area contributed by atoms with Gasteiger partial charge in [-0.05, 0) is 49.1 Å². The molecule has 0 spiro atoms. The van der Waals surface area contributed by atoms with Gasteiger partial charge in [0, 0.05) is 55.3 Å². The minimum atomic E-state index is -3.66. The number of nitrogens with one attached hydrogen (secondary N) is 1. The number of nitrogens with zero attached hydrogens (tertiary/aromatic N) is 2. The zero-order chi connectivity index (χ0) is 21.3. The van der Waals surface area contributed by atoms with Crippen LogP contribution >= 0.6 is 11.6 Å². The summed E-state index contributed by atoms with van der Waals surface area (Å²) in [6, 6.07) is 11.5. The van der Waals surface area contributed by atoms with Crippen molar-refractivity contribution in [3.63, 3.8) is 0 Å². The number of sulfonamides is 1. The number of fused-ring (bicyclic) bond motifs is 4. The molecule has 7 nitrogen and oxygen atoms in total. The highest BCUT2D eigenvalue weighted by Gasteiger charge is 2.39. The molecule has 9 heteroatoms. The van der Waals surface area contributed by atoms with E-state index in [1.807, 2.05) is 6.07 Å². The Morgan fingerprint density at radius 1 is 1.10 bits per heavy atom. The van der Waals surface area contributed by atoms with Crippen LogP contribution in [-0.2, 0) is 21.4 Å². The zero-order valence-electron chi connectivity index (χ0n) is 16.5. The van der Waals surface area contributed by atoms with Crippen LogP contribution in [0.2, 0.25) is 0 Å². The molecular weight excluding hydrogens is 426 g/mol. The zero-order valence-corrected chi connectivity index (χ0v) is 18.0. The van der Waals surface area contributed by atoms with Gasteiger partial charge >= 0.3 is 0 Å². The summed E-state index contributed by atoms with van der Waals surface area (Å²) in [7, 11) is -3.66. The number of carbonyl (C=O) groups excluding carboxylic acids is 1. The van der Waals surface area contributed by atoms with E-state index in [4.69, 9.17) is 11.6 Å². The van der Waals surface area contributed by atoms with Crippen LogP contribution in [0.4, 0.5) is 5.69 Å². The first-order valence-electron chi connectivity index (χ1n) is 10.0. The Labute approximate surface area is 180 Å². The minimum Gasteiger partial charge on any atom is -0.326 e. The number of rotatable bonds is 6. The molecule has 0 aliphatic carbocycles. The fourth-order valence-corrected chi connectivity index (χ4v) is 6.05. The van der Waals surface area contributed by atoms with Gasteiger partial charge < -0.3 is 9.88 Å². The van der Waals surface area contributed by atoms with Crippen molar-refractivity contribution in [2.24, 2.45) is 5.92 Å². The van der Waals surface area contributed by atoms with Crippen molar-refractivity contribution in [2.45, 2.75) is 36.6 Å². The lowest BCUT2D eigenvalue weighted by molar-refractivity contribution is -0.116. The molecule has 2 aliphatic heterocycles. The molecule has 0 radical (unpaired) electrons. The van der Waals surface area contributed by atoms with Gasteiger partial charge in [-0.3, -0.25) is 9.59 Å². The third-order valence-corrected chi connectivity index (χ3v) is 7.87. The van der Waals surface area contributed by atoms with Crippen molar-refractivity contribution in [1.82, 2.24) is 8.87 Å². The Kier molecular flexibility index (Phi) is 5.99. The van der Waals surface area contributed by atoms with E-state index < -0.39 is 10.0 Å². The number of amides is 1. The molecule has 0 saturated carbocycles. The summed E-state index contributed by atoms with van der Waals surface area (Å²) in [5, 5.41) is 2.75. The number of benzene rings is 1. The molecule has 0 unspecified atom stereocenters. The third kappa shape index (κ3) is 4.17. The standard InChI is InChI=1S/C21H24ClN3O4S/c22-10-2-4-20(26)23-17-6-8-18(9-7-17)30(28,29)24-12-15-11-16(14-24)19-3-1-5-21(27)25(19)13-15/h1,3,5-9,15-16H,2,4,10-14H2,(H,23,26)/t15-,16+/m1/s1. The van der Waals surface area contributed by atoms with Gasteiger partial charge in [-0.25, -0.2) is 8.42 Å². The predicted octanol–water partition coefficient (Wildman–Crippen LogP) is 2.61. The second kappa shape index (κ2) is 8.53. The first-order valence-corrected chi connectivity index (χ1v) is 12.0. The van der Waals surface area contributed by atoms with Gasteiger partial charge in [-0.1, -0.05) is 6.07 Å². The number of alkyl halides is 1. The summed E-state index contributed by atoms with van der Waals surface area (Å²) in [6.07, 6.45) is 1.81. The molecule has 1 amide bonds. The number of halogens is 1. The fraction of sp³-hybridized carbons (Fsp3) is 0.429. The van der Waals surface area contributed by atoms with Gasteiger partial charge in [0.1, 0.15) is 0 Å². The van der Waals surface area contributed by atoms with Crippen LogP contribution in [0.1, 0.15) is 30.9 Å². The average Bonchev–Trinajstić information content (AvgIpc) is 2.73. The molecule has 1 fully saturated rings. The van der Waals surface area contributed by atoms with Crippen molar-refractivity contribution in [1.29, 1.82) is 0 Å². The summed E-state index contributed by atoms with van der Waals surface area (Å²) >= 11 is 5.60. The third-order valence-electron chi connectivity index (χ3n) is 5.76. The maximum absolute atomic E-state index is 13.2. The predicted molar refractivity (Wildman–Crippen MR) is 115 cm³/mol. The van der Waals surface area contributed by atoms with Gasteiger partial charge in [-0.2, -0.15) is 4.31 Å². The van der Waals surface area contributed by atoms with E-state index in [-0.39, 0.29) is 28.2 Å². The van der Waals surface area contributed by atoms with Crippen molar-refractivity contribution >= 4 is 33.2 Å². The largest absolute Gasteiger partial charge is 0.326 e. The van der Waals surface area contributed by atoms with Crippen LogP contribution in [0.5, 0.6) is 0 Å². The highest BCUT2D eigenvalue weighted by Crippen LogP contribution is 2.37. The van der Waals surface area contributed by atoms with E-state index in [1.54, 1.807) is 28.8 Å². The number of aromatic nitrogens is 1. The number of anilines is 1. The Bertz CT molecular complexity index is 1100. The van der Waals surface area contributed by atoms with E-state index in [0.29, 0.717) is 44.0 Å². The summed E-state index contributed by atoms with van der Waals surface area (Å²) in [6.45, 7) is 1.31. The molecule has 1 saturated heterocycles. The monoisotopic (exact) mass is 449 g/mol. The molecule has 4 rings (SSSR count). The SMILES string of the molecule is O=C(CCCCl)Nc1ccc(S(=O)(=O)N2C[C@H]3C[C@@H](C2)c2cccc(=O)n2C3)cc1. The normalized spacial score (nSPS) is 21.1. The molecule has 2 aliphatic rings. The maximum Gasteiger partial charge on any atom is 0.250 e. The van der Waals surface area contributed by atoms with E-state index in [0.717, 1.165) is 12.1 Å². The van der Waals surface area contributed by atoms with E-state index in [1.165, 1.54) is 16.4 Å². The number of carbonyl (C=O) groups is 1. The molecule has 1 N–H and O–H groups in total. The van der Waals surface area contributed by atoms with Gasteiger partial charge in [0.2, 0.25) is 15.9 Å². The number of hydrogen-bond donors (Lipinski definition) is 1. The average molecular weight is 450 g/mol. The lowest BCUT2D eigenvalue weighted by atomic mass is 9.84. The van der Waals surface area contributed by atoms with Crippen molar-refractivity contribution in [2.75, 3.05) is 24.3 Å². The second-order valence-corrected chi connectivity index (χ2v) is 10.2. The summed E-state index contributed by atoms with van der Waals surface area (Å²) in [5.74, 6) is 0.402. The highest BCUT2D eigenvalue weighted by molar-refractivity contribution is 7.89. The molecule has 30 heavy (non-hydrogen) atoms. The van der Waals surface area contributed by atoms with Crippen LogP contribution in [0.15, 0.2) is 52.2 Å². The van der Waals surface area contributed by atoms with E-state index >= 15 is 0 Å². The number of hydrogen-bond acceptors (Lipinski definition) is 4. The highest BCUT2D eigenvalue weighted by atomic mass is 35.5. The Morgan fingerprint density at radius 2 is 1.87 bits per heavy atom. The van der Waals surface area contributed by atoms with Crippen LogP contribution in [0.25, 0.3) is 0 Å². The lowest BCUT2D eigenvalue weighted by Crippen LogP contribution is -2.48. The molecular formula is C21H24ClN3O4S. The molecule has 1 aromatic heterocycles. The minimum absolute atomic E-state index is 0.0154. The Balaban J connectivity index is 1.51. The van der Waals surface area contributed by atoms with Crippen molar-refractivity contribution < 1.29 is 13.2 Å². The second-order valence-electron chi connectivity index (χ2n) is 7.89. The Morgan fingerprint density at radius 3 is 2.60 bits per heavy atom. The topological polar surface area (TPSA) is 88.5 Å². The smallest absolute Gasteiger partial charge is 0.250 e. The van der Waals surface area contributed by atoms with Gasteiger partial charge in [0.15, 0.2) is 0 Å². The van der Waals surface area contributed by atoms with Crippen LogP contribution in [0, 0.1) is 5.92 Å². The van der Waals surface area contributed by atoms with E-state index in [9.17, 15) is 18.0 Å². The van der Waals surface area contributed by atoms with Crippen LogP contribution in [-0.4, -0.2) is 42.2 Å². The molecule has 2 atom stereocenters. The summed E-state index contributed by atoms with van der Waals surface area (Å²) < 4.78 is 29.8. The van der Waals surface area contributed by atoms with Crippen LogP contribution < -0.4 is 10.9 Å². The first-order chi connectivity index (χ1) is 14.4. The lowest BCUT2D eigenvalue weighted by Gasteiger charge is -2.42. The van der Waals surface area contributed by atoms with Gasteiger partial charge in [-0.15, -0.1) is 11.6 Å². The maximum atomic E-state index is 13.2. The van der Waals surface area contributed by atoms with Crippen LogP contribution in [0.3, 0.4) is 0 Å². The molecule has 3 heterocycles. The number of pyridine rings is 1. The summed E-state index contributed by atoms with van der Waals surface area (Å²) in [5.41, 5.74) is 1.44. The van der Waals surface area contributed by atoms with Crippen molar-refractivity contribution in [3.8, 4) is 0 Å². The molecule has 1 aromatic carbocycles. The Hall–Kier alpha value is -2.16. The van der Waals surface area contributed by atoms with Gasteiger partial charge in [0.25, 0.3) is 5.56 Å². The van der Waals surface area contributed by atoms with Crippen molar-refractivity contribution in [3.05, 3.63) is 58.5 Å². The molecule has 2 aromatic rings. The molecule has 160 valence electrons. The molecule has 2 bridgehead atoms. The summed E-state index contributed by atoms with van der Waals surface area (Å²) in [4.78, 5) is 24.2. The van der Waals surface area contributed by atoms with E-state index in [2.05, 4.69) is 5.32 Å². The quantitative estimate of drug-likeness (QED) is 0.686.